The molecule has 88 valence electrons. The van der Waals surface area contributed by atoms with Crippen molar-refractivity contribution >= 4 is 5.91 Å². The standard InChI is InChI=1S/C12H18N2O2/c1-2-11-10(3-4-16-11)8-14-7-9(6-13)5-12(14)15/h9-11H,2-5,7-8H2,1H3. The maximum Gasteiger partial charge on any atom is 0.224 e. The summed E-state index contributed by atoms with van der Waals surface area (Å²) in [6.45, 7) is 4.32. The van der Waals surface area contributed by atoms with E-state index in [-0.39, 0.29) is 11.8 Å². The highest BCUT2D eigenvalue weighted by Crippen LogP contribution is 2.27. The highest BCUT2D eigenvalue weighted by molar-refractivity contribution is 5.79. The van der Waals surface area contributed by atoms with Crippen LogP contribution in [0, 0.1) is 23.2 Å². The number of nitriles is 1. The highest BCUT2D eigenvalue weighted by atomic mass is 16.5. The van der Waals surface area contributed by atoms with Gasteiger partial charge in [-0.2, -0.15) is 5.26 Å². The molecule has 16 heavy (non-hydrogen) atoms. The Balaban J connectivity index is 1.90. The molecule has 0 aromatic rings. The van der Waals surface area contributed by atoms with E-state index in [0.29, 0.717) is 25.0 Å². The van der Waals surface area contributed by atoms with E-state index in [0.717, 1.165) is 26.0 Å². The quantitative estimate of drug-likeness (QED) is 0.720. The van der Waals surface area contributed by atoms with E-state index in [2.05, 4.69) is 13.0 Å². The molecule has 0 aromatic carbocycles. The summed E-state index contributed by atoms with van der Waals surface area (Å²) < 4.78 is 5.61. The molecule has 2 saturated heterocycles. The Morgan fingerprint density at radius 3 is 3.06 bits per heavy atom. The van der Waals surface area contributed by atoms with E-state index >= 15 is 0 Å². The van der Waals surface area contributed by atoms with Crippen molar-refractivity contribution in [3.8, 4) is 6.07 Å². The van der Waals surface area contributed by atoms with Crippen molar-refractivity contribution in [1.82, 2.24) is 4.90 Å². The molecule has 2 rings (SSSR count). The highest BCUT2D eigenvalue weighted by Gasteiger charge is 2.34. The summed E-state index contributed by atoms with van der Waals surface area (Å²) in [5, 5.41) is 8.81. The number of carbonyl (C=O) groups excluding carboxylic acids is 1. The van der Waals surface area contributed by atoms with Crippen molar-refractivity contribution in [2.75, 3.05) is 19.7 Å². The van der Waals surface area contributed by atoms with Gasteiger partial charge >= 0.3 is 0 Å². The van der Waals surface area contributed by atoms with Crippen LogP contribution in [-0.4, -0.2) is 36.6 Å². The molecule has 0 spiro atoms. The maximum absolute atomic E-state index is 11.7. The minimum absolute atomic E-state index is 0.102. The van der Waals surface area contributed by atoms with Gasteiger partial charge in [-0.3, -0.25) is 4.79 Å². The van der Waals surface area contributed by atoms with Crippen molar-refractivity contribution in [2.24, 2.45) is 11.8 Å². The summed E-state index contributed by atoms with van der Waals surface area (Å²) in [5.41, 5.74) is 0. The van der Waals surface area contributed by atoms with Crippen LogP contribution in [0.3, 0.4) is 0 Å². The van der Waals surface area contributed by atoms with Gasteiger partial charge in [0, 0.05) is 32.0 Å². The smallest absolute Gasteiger partial charge is 0.224 e. The molecule has 2 aliphatic heterocycles. The van der Waals surface area contributed by atoms with Crippen LogP contribution in [0.5, 0.6) is 0 Å². The number of carbonyl (C=O) groups is 1. The van der Waals surface area contributed by atoms with E-state index in [9.17, 15) is 4.79 Å². The van der Waals surface area contributed by atoms with Crippen LogP contribution in [-0.2, 0) is 9.53 Å². The molecule has 2 heterocycles. The van der Waals surface area contributed by atoms with Crippen molar-refractivity contribution in [3.05, 3.63) is 0 Å². The van der Waals surface area contributed by atoms with Gasteiger partial charge in [0.05, 0.1) is 18.1 Å². The van der Waals surface area contributed by atoms with Crippen molar-refractivity contribution in [2.45, 2.75) is 32.3 Å². The number of hydrogen-bond donors (Lipinski definition) is 0. The molecule has 3 unspecified atom stereocenters. The first kappa shape index (κ1) is 11.4. The summed E-state index contributed by atoms with van der Waals surface area (Å²) in [6, 6.07) is 2.18. The third-order valence-electron chi connectivity index (χ3n) is 3.60. The summed E-state index contributed by atoms with van der Waals surface area (Å²) in [7, 11) is 0. The number of rotatable bonds is 3. The molecule has 0 N–H and O–H groups in total. The Morgan fingerprint density at radius 2 is 2.44 bits per heavy atom. The normalized spacial score (nSPS) is 34.4. The van der Waals surface area contributed by atoms with Crippen LogP contribution in [0.25, 0.3) is 0 Å². The van der Waals surface area contributed by atoms with Crippen LogP contribution < -0.4 is 0 Å². The molecular weight excluding hydrogens is 204 g/mol. The lowest BCUT2D eigenvalue weighted by Crippen LogP contribution is -2.34. The predicted molar refractivity (Wildman–Crippen MR) is 58.4 cm³/mol. The zero-order valence-corrected chi connectivity index (χ0v) is 9.69. The Labute approximate surface area is 96.2 Å². The third kappa shape index (κ3) is 2.19. The monoisotopic (exact) mass is 222 g/mol. The van der Waals surface area contributed by atoms with E-state index in [4.69, 9.17) is 10.00 Å². The van der Waals surface area contributed by atoms with Crippen LogP contribution in [0.4, 0.5) is 0 Å². The fraction of sp³-hybridized carbons (Fsp3) is 0.833. The molecule has 0 aliphatic carbocycles. The molecule has 2 fully saturated rings. The molecule has 2 aliphatic rings. The van der Waals surface area contributed by atoms with Crippen molar-refractivity contribution < 1.29 is 9.53 Å². The molecule has 0 radical (unpaired) electrons. The fourth-order valence-electron chi connectivity index (χ4n) is 2.67. The molecule has 0 aromatic heterocycles. The predicted octanol–water partition coefficient (Wildman–Crippen LogP) is 1.17. The maximum atomic E-state index is 11.7. The zero-order valence-electron chi connectivity index (χ0n) is 9.69. The second-order valence-corrected chi connectivity index (χ2v) is 4.70. The number of hydrogen-bond acceptors (Lipinski definition) is 3. The number of amides is 1. The molecule has 4 heteroatoms. The van der Waals surface area contributed by atoms with Crippen LogP contribution in [0.2, 0.25) is 0 Å². The van der Waals surface area contributed by atoms with Crippen LogP contribution in [0.1, 0.15) is 26.2 Å². The van der Waals surface area contributed by atoms with Gasteiger partial charge in [0.25, 0.3) is 0 Å². The first-order valence-electron chi connectivity index (χ1n) is 6.03. The van der Waals surface area contributed by atoms with Gasteiger partial charge in [-0.05, 0) is 12.8 Å². The van der Waals surface area contributed by atoms with Crippen LogP contribution >= 0.6 is 0 Å². The van der Waals surface area contributed by atoms with Gasteiger partial charge in [-0.25, -0.2) is 0 Å². The second-order valence-electron chi connectivity index (χ2n) is 4.70. The van der Waals surface area contributed by atoms with E-state index < -0.39 is 0 Å². The Hall–Kier alpha value is -1.08. The molecule has 4 nitrogen and oxygen atoms in total. The molecule has 1 amide bonds. The lowest BCUT2D eigenvalue weighted by Gasteiger charge is -2.23. The third-order valence-corrected chi connectivity index (χ3v) is 3.60. The average Bonchev–Trinajstić information content (AvgIpc) is 2.86. The zero-order chi connectivity index (χ0) is 11.5. The van der Waals surface area contributed by atoms with Gasteiger partial charge in [0.2, 0.25) is 5.91 Å². The minimum Gasteiger partial charge on any atom is -0.378 e. The number of nitrogens with zero attached hydrogens (tertiary/aromatic N) is 2. The summed E-state index contributed by atoms with van der Waals surface area (Å²) in [4.78, 5) is 13.5. The molecular formula is C12H18N2O2. The van der Waals surface area contributed by atoms with Gasteiger partial charge < -0.3 is 9.64 Å². The van der Waals surface area contributed by atoms with E-state index in [1.165, 1.54) is 0 Å². The van der Waals surface area contributed by atoms with Gasteiger partial charge in [0.1, 0.15) is 0 Å². The number of ether oxygens (including phenoxy) is 1. The lowest BCUT2D eigenvalue weighted by atomic mass is 9.99. The molecule has 3 atom stereocenters. The van der Waals surface area contributed by atoms with E-state index in [1.807, 2.05) is 4.90 Å². The van der Waals surface area contributed by atoms with Crippen molar-refractivity contribution in [3.63, 3.8) is 0 Å². The van der Waals surface area contributed by atoms with Gasteiger partial charge in [0.15, 0.2) is 0 Å². The fourth-order valence-corrected chi connectivity index (χ4v) is 2.67. The summed E-state index contributed by atoms with van der Waals surface area (Å²) in [5.74, 6) is 0.495. The first-order valence-corrected chi connectivity index (χ1v) is 6.03. The largest absolute Gasteiger partial charge is 0.378 e. The minimum atomic E-state index is -0.102. The van der Waals surface area contributed by atoms with Gasteiger partial charge in [-0.15, -0.1) is 0 Å². The molecule has 0 bridgehead atoms. The Kier molecular flexibility index (Phi) is 3.45. The van der Waals surface area contributed by atoms with Crippen LogP contribution in [0.15, 0.2) is 0 Å². The van der Waals surface area contributed by atoms with Crippen molar-refractivity contribution in [1.29, 1.82) is 5.26 Å². The second kappa shape index (κ2) is 4.84. The Morgan fingerprint density at radius 1 is 1.62 bits per heavy atom. The van der Waals surface area contributed by atoms with E-state index in [1.54, 1.807) is 0 Å². The summed E-state index contributed by atoms with van der Waals surface area (Å²) in [6.07, 6.45) is 2.75. The average molecular weight is 222 g/mol. The first-order chi connectivity index (χ1) is 7.74. The SMILES string of the molecule is CCC1OCCC1CN1CC(C#N)CC1=O. The Bertz CT molecular complexity index is 311. The topological polar surface area (TPSA) is 53.3 Å². The van der Waals surface area contributed by atoms with Gasteiger partial charge in [-0.1, -0.05) is 6.92 Å². The molecule has 0 saturated carbocycles. The lowest BCUT2D eigenvalue weighted by molar-refractivity contribution is -0.128. The summed E-state index contributed by atoms with van der Waals surface area (Å²) >= 11 is 0. The number of likely N-dealkylation sites (tertiary alicyclic amines) is 1.